The third kappa shape index (κ3) is 3.66. The number of nitrogens with one attached hydrogen (secondary N) is 2. The highest BCUT2D eigenvalue weighted by atomic mass is 16.5. The number of ether oxygens (including phenoxy) is 2. The van der Waals surface area contributed by atoms with Crippen LogP contribution in [0.2, 0.25) is 0 Å². The lowest BCUT2D eigenvalue weighted by atomic mass is 10.2. The van der Waals surface area contributed by atoms with Crippen molar-refractivity contribution in [3.8, 4) is 11.6 Å². The van der Waals surface area contributed by atoms with Gasteiger partial charge in [0.2, 0.25) is 0 Å². The molecule has 4 rings (SSSR count). The Bertz CT molecular complexity index is 829. The molecule has 0 unspecified atom stereocenters. The summed E-state index contributed by atoms with van der Waals surface area (Å²) in [6, 6.07) is 8.02. The Labute approximate surface area is 146 Å². The fourth-order valence-electron chi connectivity index (χ4n) is 2.93. The molecule has 130 valence electrons. The maximum atomic E-state index is 5.82. The SMILES string of the molecule is c1cnc(N2CCNCC2)c(OCCOc2ccc3cc[nH]c3c2)n1. The van der Waals surface area contributed by atoms with Gasteiger partial charge in [-0.25, -0.2) is 9.97 Å². The van der Waals surface area contributed by atoms with Gasteiger partial charge in [0.1, 0.15) is 19.0 Å². The minimum Gasteiger partial charge on any atom is -0.490 e. The normalized spacial score (nSPS) is 14.6. The third-order valence-corrected chi connectivity index (χ3v) is 4.18. The summed E-state index contributed by atoms with van der Waals surface area (Å²) in [5.41, 5.74) is 1.06. The predicted molar refractivity (Wildman–Crippen MR) is 96.4 cm³/mol. The largest absolute Gasteiger partial charge is 0.490 e. The molecular formula is C18H21N5O2. The second kappa shape index (κ2) is 7.40. The van der Waals surface area contributed by atoms with Gasteiger partial charge in [0.05, 0.1) is 0 Å². The maximum Gasteiger partial charge on any atom is 0.257 e. The maximum absolute atomic E-state index is 5.82. The van der Waals surface area contributed by atoms with E-state index in [0.717, 1.165) is 43.3 Å². The molecule has 0 atom stereocenters. The summed E-state index contributed by atoms with van der Waals surface area (Å²) in [5.74, 6) is 2.18. The first-order chi connectivity index (χ1) is 12.4. The minimum atomic E-state index is 0.417. The van der Waals surface area contributed by atoms with Crippen LogP contribution < -0.4 is 19.7 Å². The van der Waals surface area contributed by atoms with Crippen molar-refractivity contribution in [2.24, 2.45) is 0 Å². The lowest BCUT2D eigenvalue weighted by molar-refractivity contribution is 0.212. The van der Waals surface area contributed by atoms with Crippen molar-refractivity contribution in [2.75, 3.05) is 44.3 Å². The predicted octanol–water partition coefficient (Wildman–Crippen LogP) is 1.83. The molecule has 1 saturated heterocycles. The zero-order valence-corrected chi connectivity index (χ0v) is 13.9. The highest BCUT2D eigenvalue weighted by molar-refractivity contribution is 5.80. The first kappa shape index (κ1) is 15.7. The van der Waals surface area contributed by atoms with Crippen LogP contribution in [0.5, 0.6) is 11.6 Å². The number of hydrogen-bond donors (Lipinski definition) is 2. The summed E-state index contributed by atoms with van der Waals surface area (Å²) in [4.78, 5) is 14.1. The van der Waals surface area contributed by atoms with Gasteiger partial charge < -0.3 is 24.7 Å². The summed E-state index contributed by atoms with van der Waals surface area (Å²) in [6.07, 6.45) is 5.27. The van der Waals surface area contributed by atoms with E-state index in [0.29, 0.717) is 19.1 Å². The molecule has 7 nitrogen and oxygen atoms in total. The molecule has 0 spiro atoms. The standard InChI is InChI=1S/C18H21N5O2/c1-2-15(13-16-14(1)3-4-20-16)24-11-12-25-18-17(21-5-6-22-18)23-9-7-19-8-10-23/h1-6,13,19-20H,7-12H2. The number of benzene rings is 1. The molecule has 3 heterocycles. The van der Waals surface area contributed by atoms with Crippen molar-refractivity contribution in [1.82, 2.24) is 20.3 Å². The van der Waals surface area contributed by atoms with Gasteiger partial charge in [-0.15, -0.1) is 0 Å². The highest BCUT2D eigenvalue weighted by Crippen LogP contribution is 2.23. The summed E-state index contributed by atoms with van der Waals surface area (Å²) in [5, 5.41) is 4.50. The van der Waals surface area contributed by atoms with Crippen LogP contribution in [0.15, 0.2) is 42.9 Å². The molecule has 0 radical (unpaired) electrons. The van der Waals surface area contributed by atoms with Crippen LogP contribution in [0.1, 0.15) is 0 Å². The summed E-state index contributed by atoms with van der Waals surface area (Å²) in [7, 11) is 0. The van der Waals surface area contributed by atoms with E-state index in [9.17, 15) is 0 Å². The molecule has 1 aromatic carbocycles. The Balaban J connectivity index is 1.33. The first-order valence-corrected chi connectivity index (χ1v) is 8.49. The van der Waals surface area contributed by atoms with Crippen molar-refractivity contribution in [3.05, 3.63) is 42.9 Å². The van der Waals surface area contributed by atoms with Crippen molar-refractivity contribution < 1.29 is 9.47 Å². The fourth-order valence-corrected chi connectivity index (χ4v) is 2.93. The molecule has 0 aliphatic carbocycles. The van der Waals surface area contributed by atoms with Crippen LogP contribution in [0, 0.1) is 0 Å². The molecule has 0 saturated carbocycles. The Morgan fingerprint density at radius 3 is 2.76 bits per heavy atom. The number of aromatic amines is 1. The summed E-state index contributed by atoms with van der Waals surface area (Å²) >= 11 is 0. The Morgan fingerprint density at radius 1 is 1.00 bits per heavy atom. The summed E-state index contributed by atoms with van der Waals surface area (Å²) in [6.45, 7) is 4.56. The number of hydrogen-bond acceptors (Lipinski definition) is 6. The molecule has 7 heteroatoms. The van der Waals surface area contributed by atoms with Gasteiger partial charge in [-0.05, 0) is 23.6 Å². The van der Waals surface area contributed by atoms with Crippen LogP contribution in [-0.4, -0.2) is 54.3 Å². The number of rotatable bonds is 6. The average Bonchev–Trinajstić information content (AvgIpc) is 3.14. The van der Waals surface area contributed by atoms with Gasteiger partial charge in [0.25, 0.3) is 5.88 Å². The minimum absolute atomic E-state index is 0.417. The van der Waals surface area contributed by atoms with E-state index in [1.807, 2.05) is 30.5 Å². The zero-order chi connectivity index (χ0) is 16.9. The Kier molecular flexibility index (Phi) is 4.65. The molecule has 3 aromatic rings. The molecule has 1 fully saturated rings. The Morgan fingerprint density at radius 2 is 1.84 bits per heavy atom. The van der Waals surface area contributed by atoms with Gasteiger partial charge in [0, 0.05) is 56.4 Å². The van der Waals surface area contributed by atoms with Crippen LogP contribution >= 0.6 is 0 Å². The van der Waals surface area contributed by atoms with E-state index < -0.39 is 0 Å². The second-order valence-electron chi connectivity index (χ2n) is 5.85. The van der Waals surface area contributed by atoms with E-state index in [4.69, 9.17) is 9.47 Å². The zero-order valence-electron chi connectivity index (χ0n) is 13.9. The van der Waals surface area contributed by atoms with Gasteiger partial charge in [0.15, 0.2) is 5.82 Å². The molecule has 2 N–H and O–H groups in total. The number of piperazine rings is 1. The van der Waals surface area contributed by atoms with Crippen LogP contribution in [0.25, 0.3) is 10.9 Å². The van der Waals surface area contributed by atoms with Crippen molar-refractivity contribution in [1.29, 1.82) is 0 Å². The van der Waals surface area contributed by atoms with Gasteiger partial charge in [-0.1, -0.05) is 0 Å². The van der Waals surface area contributed by atoms with Crippen molar-refractivity contribution in [3.63, 3.8) is 0 Å². The van der Waals surface area contributed by atoms with Gasteiger partial charge >= 0.3 is 0 Å². The number of nitrogens with zero attached hydrogens (tertiary/aromatic N) is 3. The second-order valence-corrected chi connectivity index (χ2v) is 5.85. The highest BCUT2D eigenvalue weighted by Gasteiger charge is 2.17. The van der Waals surface area contributed by atoms with E-state index >= 15 is 0 Å². The monoisotopic (exact) mass is 339 g/mol. The smallest absolute Gasteiger partial charge is 0.257 e. The van der Waals surface area contributed by atoms with E-state index in [-0.39, 0.29) is 0 Å². The molecule has 1 aliphatic heterocycles. The Hall–Kier alpha value is -2.80. The molecular weight excluding hydrogens is 318 g/mol. The van der Waals surface area contributed by atoms with Gasteiger partial charge in [-0.2, -0.15) is 0 Å². The molecule has 1 aliphatic rings. The van der Waals surface area contributed by atoms with Crippen molar-refractivity contribution >= 4 is 16.7 Å². The quantitative estimate of drug-likeness (QED) is 0.667. The fraction of sp³-hybridized carbons (Fsp3) is 0.333. The molecule has 0 amide bonds. The van der Waals surface area contributed by atoms with Gasteiger partial charge in [-0.3, -0.25) is 0 Å². The molecule has 2 aromatic heterocycles. The van der Waals surface area contributed by atoms with E-state index in [1.165, 1.54) is 5.39 Å². The number of fused-ring (bicyclic) bond motifs is 1. The van der Waals surface area contributed by atoms with Crippen LogP contribution in [0.4, 0.5) is 5.82 Å². The third-order valence-electron chi connectivity index (χ3n) is 4.18. The first-order valence-electron chi connectivity index (χ1n) is 8.49. The topological polar surface area (TPSA) is 75.3 Å². The average molecular weight is 339 g/mol. The summed E-state index contributed by atoms with van der Waals surface area (Å²) < 4.78 is 11.6. The number of aromatic nitrogens is 3. The van der Waals surface area contributed by atoms with Crippen LogP contribution in [-0.2, 0) is 0 Å². The van der Waals surface area contributed by atoms with Crippen LogP contribution in [0.3, 0.4) is 0 Å². The lowest BCUT2D eigenvalue weighted by Gasteiger charge is -2.28. The molecule has 0 bridgehead atoms. The van der Waals surface area contributed by atoms with E-state index in [2.05, 4.69) is 25.2 Å². The number of anilines is 1. The molecule has 25 heavy (non-hydrogen) atoms. The van der Waals surface area contributed by atoms with Crippen molar-refractivity contribution in [2.45, 2.75) is 0 Å². The lowest BCUT2D eigenvalue weighted by Crippen LogP contribution is -2.44. The number of H-pyrrole nitrogens is 1. The van der Waals surface area contributed by atoms with E-state index in [1.54, 1.807) is 12.4 Å².